The predicted octanol–water partition coefficient (Wildman–Crippen LogP) is 3.79. The second-order valence-corrected chi connectivity index (χ2v) is 5.15. The minimum Gasteiger partial charge on any atom is -0.419 e. The molecular weight excluding hydrogens is 274 g/mol. The SMILES string of the molecule is C=C(C)CN(CC)Cc1nnc(-c2ccccc2Cl)o1. The molecule has 1 aromatic carbocycles. The average molecular weight is 292 g/mol. The van der Waals surface area contributed by atoms with Crippen LogP contribution in [0.5, 0.6) is 0 Å². The van der Waals surface area contributed by atoms with E-state index in [1.807, 2.05) is 25.1 Å². The van der Waals surface area contributed by atoms with Gasteiger partial charge < -0.3 is 4.42 Å². The first kappa shape index (κ1) is 14.8. The summed E-state index contributed by atoms with van der Waals surface area (Å²) in [4.78, 5) is 2.19. The van der Waals surface area contributed by atoms with Gasteiger partial charge in [0.25, 0.3) is 0 Å². The number of halogens is 1. The summed E-state index contributed by atoms with van der Waals surface area (Å²) < 4.78 is 5.69. The Bertz CT molecular complexity index is 594. The fourth-order valence-electron chi connectivity index (χ4n) is 1.91. The summed E-state index contributed by atoms with van der Waals surface area (Å²) in [7, 11) is 0. The Morgan fingerprint density at radius 1 is 1.35 bits per heavy atom. The standard InChI is InChI=1S/C15H18ClN3O/c1-4-19(9-11(2)3)10-14-17-18-15(20-14)12-7-5-6-8-13(12)16/h5-8H,2,4,9-10H2,1,3H3. The fourth-order valence-corrected chi connectivity index (χ4v) is 2.13. The Hall–Kier alpha value is -1.65. The van der Waals surface area contributed by atoms with Gasteiger partial charge in [0, 0.05) is 6.54 Å². The maximum Gasteiger partial charge on any atom is 0.249 e. The zero-order valence-corrected chi connectivity index (χ0v) is 12.5. The lowest BCUT2D eigenvalue weighted by Gasteiger charge is -2.17. The van der Waals surface area contributed by atoms with Crippen molar-refractivity contribution in [2.24, 2.45) is 0 Å². The van der Waals surface area contributed by atoms with Gasteiger partial charge in [0.15, 0.2) is 0 Å². The highest BCUT2D eigenvalue weighted by Gasteiger charge is 2.13. The second-order valence-electron chi connectivity index (χ2n) is 4.74. The van der Waals surface area contributed by atoms with Gasteiger partial charge in [-0.1, -0.05) is 42.8 Å². The van der Waals surface area contributed by atoms with Gasteiger partial charge in [-0.3, -0.25) is 4.90 Å². The zero-order chi connectivity index (χ0) is 14.5. The van der Waals surface area contributed by atoms with Crippen LogP contribution in [-0.4, -0.2) is 28.2 Å². The number of rotatable bonds is 6. The summed E-state index contributed by atoms with van der Waals surface area (Å²) >= 11 is 6.12. The highest BCUT2D eigenvalue weighted by molar-refractivity contribution is 6.33. The summed E-state index contributed by atoms with van der Waals surface area (Å²) in [5, 5.41) is 8.75. The molecule has 0 aliphatic rings. The molecule has 0 aliphatic heterocycles. The summed E-state index contributed by atoms with van der Waals surface area (Å²) in [6.07, 6.45) is 0. The molecule has 106 valence electrons. The molecule has 0 spiro atoms. The maximum atomic E-state index is 6.12. The number of likely N-dealkylation sites (N-methyl/N-ethyl adjacent to an activating group) is 1. The van der Waals surface area contributed by atoms with E-state index < -0.39 is 0 Å². The first-order valence-corrected chi connectivity index (χ1v) is 6.92. The van der Waals surface area contributed by atoms with E-state index >= 15 is 0 Å². The molecule has 0 fully saturated rings. The molecule has 0 unspecified atom stereocenters. The van der Waals surface area contributed by atoms with Crippen LogP contribution in [0.1, 0.15) is 19.7 Å². The van der Waals surface area contributed by atoms with E-state index in [2.05, 4.69) is 28.6 Å². The molecule has 2 rings (SSSR count). The molecule has 5 heteroatoms. The smallest absolute Gasteiger partial charge is 0.249 e. The molecule has 0 atom stereocenters. The molecule has 1 aromatic heterocycles. The van der Waals surface area contributed by atoms with Gasteiger partial charge in [-0.2, -0.15) is 0 Å². The van der Waals surface area contributed by atoms with Crippen LogP contribution in [0.25, 0.3) is 11.5 Å². The molecule has 2 aromatic rings. The van der Waals surface area contributed by atoms with Gasteiger partial charge in [-0.05, 0) is 25.6 Å². The zero-order valence-electron chi connectivity index (χ0n) is 11.8. The van der Waals surface area contributed by atoms with Crippen LogP contribution in [0.2, 0.25) is 5.02 Å². The van der Waals surface area contributed by atoms with Crippen molar-refractivity contribution in [3.63, 3.8) is 0 Å². The van der Waals surface area contributed by atoms with E-state index in [1.165, 1.54) is 0 Å². The van der Waals surface area contributed by atoms with Gasteiger partial charge in [0.05, 0.1) is 17.1 Å². The van der Waals surface area contributed by atoms with Crippen molar-refractivity contribution < 1.29 is 4.42 Å². The van der Waals surface area contributed by atoms with E-state index in [0.717, 1.165) is 24.2 Å². The summed E-state index contributed by atoms with van der Waals surface area (Å²) in [5.74, 6) is 1.04. The lowest BCUT2D eigenvalue weighted by molar-refractivity contribution is 0.271. The van der Waals surface area contributed by atoms with Crippen molar-refractivity contribution in [3.8, 4) is 11.5 Å². The monoisotopic (exact) mass is 291 g/mol. The molecule has 0 bridgehead atoms. The number of nitrogens with zero attached hydrogens (tertiary/aromatic N) is 3. The van der Waals surface area contributed by atoms with Crippen molar-refractivity contribution in [2.75, 3.05) is 13.1 Å². The second kappa shape index (κ2) is 6.68. The molecule has 0 radical (unpaired) electrons. The Morgan fingerprint density at radius 3 is 2.75 bits per heavy atom. The Balaban J connectivity index is 2.13. The van der Waals surface area contributed by atoms with Crippen molar-refractivity contribution in [3.05, 3.63) is 47.3 Å². The molecule has 0 aliphatic carbocycles. The number of hydrogen-bond donors (Lipinski definition) is 0. The average Bonchev–Trinajstić information content (AvgIpc) is 2.86. The third-order valence-electron chi connectivity index (χ3n) is 2.87. The minimum atomic E-state index is 0.456. The molecule has 1 heterocycles. The van der Waals surface area contributed by atoms with Crippen LogP contribution in [0.15, 0.2) is 40.8 Å². The van der Waals surface area contributed by atoms with Gasteiger partial charge in [0.1, 0.15) is 0 Å². The quantitative estimate of drug-likeness (QED) is 0.760. The lowest BCUT2D eigenvalue weighted by Crippen LogP contribution is -2.24. The van der Waals surface area contributed by atoms with Crippen LogP contribution in [0.3, 0.4) is 0 Å². The molecule has 0 saturated heterocycles. The minimum absolute atomic E-state index is 0.456. The third-order valence-corrected chi connectivity index (χ3v) is 3.20. The van der Waals surface area contributed by atoms with Gasteiger partial charge >= 0.3 is 0 Å². The molecule has 0 N–H and O–H groups in total. The van der Waals surface area contributed by atoms with E-state index in [4.69, 9.17) is 16.0 Å². The van der Waals surface area contributed by atoms with Crippen molar-refractivity contribution in [2.45, 2.75) is 20.4 Å². The number of benzene rings is 1. The third kappa shape index (κ3) is 3.68. The first-order valence-electron chi connectivity index (χ1n) is 6.54. The number of hydrogen-bond acceptors (Lipinski definition) is 4. The summed E-state index contributed by atoms with van der Waals surface area (Å²) in [5.41, 5.74) is 1.87. The Kier molecular flexibility index (Phi) is 4.93. The molecule has 0 saturated carbocycles. The van der Waals surface area contributed by atoms with Crippen LogP contribution >= 0.6 is 11.6 Å². The molecular formula is C15H18ClN3O. The Labute approximate surface area is 124 Å². The van der Waals surface area contributed by atoms with E-state index in [1.54, 1.807) is 6.07 Å². The van der Waals surface area contributed by atoms with Crippen LogP contribution in [-0.2, 0) is 6.54 Å². The van der Waals surface area contributed by atoms with Gasteiger partial charge in [-0.15, -0.1) is 10.2 Å². The largest absolute Gasteiger partial charge is 0.419 e. The number of aromatic nitrogens is 2. The maximum absolute atomic E-state index is 6.12. The van der Waals surface area contributed by atoms with Crippen LogP contribution in [0.4, 0.5) is 0 Å². The summed E-state index contributed by atoms with van der Waals surface area (Å²) in [6.45, 7) is 10.4. The molecule has 0 amide bonds. The van der Waals surface area contributed by atoms with Crippen molar-refractivity contribution >= 4 is 11.6 Å². The normalized spacial score (nSPS) is 11.0. The lowest BCUT2D eigenvalue weighted by atomic mass is 10.2. The molecule has 4 nitrogen and oxygen atoms in total. The van der Waals surface area contributed by atoms with E-state index in [9.17, 15) is 0 Å². The van der Waals surface area contributed by atoms with Crippen molar-refractivity contribution in [1.82, 2.24) is 15.1 Å². The van der Waals surface area contributed by atoms with E-state index in [0.29, 0.717) is 23.3 Å². The molecule has 20 heavy (non-hydrogen) atoms. The highest BCUT2D eigenvalue weighted by atomic mass is 35.5. The topological polar surface area (TPSA) is 42.2 Å². The fraction of sp³-hybridized carbons (Fsp3) is 0.333. The Morgan fingerprint density at radius 2 is 2.10 bits per heavy atom. The highest BCUT2D eigenvalue weighted by Crippen LogP contribution is 2.26. The van der Waals surface area contributed by atoms with Gasteiger partial charge in [-0.25, -0.2) is 0 Å². The predicted molar refractivity (Wildman–Crippen MR) is 80.5 cm³/mol. The van der Waals surface area contributed by atoms with Gasteiger partial charge in [0.2, 0.25) is 11.8 Å². The van der Waals surface area contributed by atoms with Crippen molar-refractivity contribution in [1.29, 1.82) is 0 Å². The van der Waals surface area contributed by atoms with Crippen LogP contribution < -0.4 is 0 Å². The van der Waals surface area contributed by atoms with Crippen LogP contribution in [0, 0.1) is 0 Å². The first-order chi connectivity index (χ1) is 9.60. The van der Waals surface area contributed by atoms with E-state index in [-0.39, 0.29) is 0 Å². The summed E-state index contributed by atoms with van der Waals surface area (Å²) in [6, 6.07) is 7.44.